The molecular weight excluding hydrogens is 322 g/mol. The first-order valence-corrected chi connectivity index (χ1v) is 7.98. The number of nitrogens with zero attached hydrogens (tertiary/aromatic N) is 1. The number of hydrogen-bond acceptors (Lipinski definition) is 5. The average molecular weight is 341 g/mol. The molecule has 1 aliphatic heterocycles. The predicted molar refractivity (Wildman–Crippen MR) is 92.0 cm³/mol. The number of hydrogen-bond donors (Lipinski definition) is 1. The van der Waals surface area contributed by atoms with Gasteiger partial charge in [0.25, 0.3) is 5.91 Å². The van der Waals surface area contributed by atoms with Crippen LogP contribution in [0.25, 0.3) is 0 Å². The molecule has 2 aromatic carbocycles. The molecule has 1 atom stereocenters. The quantitative estimate of drug-likeness (QED) is 0.865. The molecule has 0 saturated carbocycles. The number of phenols is 1. The minimum absolute atomic E-state index is 0.0118. The van der Waals surface area contributed by atoms with Crippen LogP contribution >= 0.6 is 0 Å². The van der Waals surface area contributed by atoms with Crippen molar-refractivity contribution in [3.63, 3.8) is 0 Å². The summed E-state index contributed by atoms with van der Waals surface area (Å²) in [7, 11) is 1.46. The molecule has 6 heteroatoms. The van der Waals surface area contributed by atoms with Gasteiger partial charge in [0.05, 0.1) is 7.11 Å². The van der Waals surface area contributed by atoms with E-state index in [2.05, 4.69) is 0 Å². The molecule has 6 nitrogen and oxygen atoms in total. The first kappa shape index (κ1) is 16.8. The van der Waals surface area contributed by atoms with Gasteiger partial charge >= 0.3 is 5.97 Å². The highest BCUT2D eigenvalue weighted by atomic mass is 16.5. The van der Waals surface area contributed by atoms with E-state index in [0.717, 1.165) is 17.7 Å². The second-order valence-electron chi connectivity index (χ2n) is 5.80. The Hall–Kier alpha value is -3.02. The van der Waals surface area contributed by atoms with Crippen molar-refractivity contribution in [1.29, 1.82) is 0 Å². The number of carbonyl (C=O) groups excluding carboxylic acids is 2. The topological polar surface area (TPSA) is 76.1 Å². The van der Waals surface area contributed by atoms with Gasteiger partial charge in [-0.25, -0.2) is 4.79 Å². The molecule has 0 unspecified atom stereocenters. The molecule has 130 valence electrons. The van der Waals surface area contributed by atoms with Crippen molar-refractivity contribution < 1.29 is 24.2 Å². The van der Waals surface area contributed by atoms with Crippen molar-refractivity contribution in [2.24, 2.45) is 0 Å². The van der Waals surface area contributed by atoms with Crippen LogP contribution in [-0.2, 0) is 16.0 Å². The van der Waals surface area contributed by atoms with Crippen molar-refractivity contribution in [3.05, 3.63) is 53.6 Å². The summed E-state index contributed by atoms with van der Waals surface area (Å²) >= 11 is 0. The highest BCUT2D eigenvalue weighted by Gasteiger charge is 2.30. The Balaban J connectivity index is 1.71. The molecule has 3 rings (SSSR count). The van der Waals surface area contributed by atoms with Gasteiger partial charge in [0.2, 0.25) is 0 Å². The van der Waals surface area contributed by atoms with Crippen molar-refractivity contribution in [3.8, 4) is 11.5 Å². The third-order valence-electron chi connectivity index (χ3n) is 4.21. The Morgan fingerprint density at radius 2 is 1.96 bits per heavy atom. The Kier molecular flexibility index (Phi) is 4.61. The maximum absolute atomic E-state index is 12.6. The summed E-state index contributed by atoms with van der Waals surface area (Å²) in [5, 5.41) is 9.91. The van der Waals surface area contributed by atoms with Crippen LogP contribution in [0, 0.1) is 0 Å². The van der Waals surface area contributed by atoms with Crippen LogP contribution in [0.1, 0.15) is 22.8 Å². The summed E-state index contributed by atoms with van der Waals surface area (Å²) in [6.45, 7) is 2.09. The van der Waals surface area contributed by atoms with E-state index in [9.17, 15) is 14.7 Å². The van der Waals surface area contributed by atoms with Gasteiger partial charge in [-0.3, -0.25) is 4.79 Å². The second-order valence-corrected chi connectivity index (χ2v) is 5.80. The number of rotatable bonds is 4. The molecule has 1 N–H and O–H groups in total. The molecule has 0 fully saturated rings. The van der Waals surface area contributed by atoms with E-state index in [1.54, 1.807) is 11.0 Å². The summed E-state index contributed by atoms with van der Waals surface area (Å²) in [5.41, 5.74) is 1.94. The lowest BCUT2D eigenvalue weighted by atomic mass is 10.2. The molecule has 2 aromatic rings. The fourth-order valence-electron chi connectivity index (χ4n) is 2.87. The minimum Gasteiger partial charge on any atom is -0.507 e. The van der Waals surface area contributed by atoms with E-state index in [0.29, 0.717) is 12.3 Å². The zero-order valence-electron chi connectivity index (χ0n) is 14.1. The number of aromatic hydroxyl groups is 1. The van der Waals surface area contributed by atoms with Crippen LogP contribution < -0.4 is 9.64 Å². The van der Waals surface area contributed by atoms with E-state index in [1.165, 1.54) is 26.2 Å². The number of ether oxygens (including phenoxy) is 2. The Bertz CT molecular complexity index is 817. The number of amides is 1. The van der Waals surface area contributed by atoms with Crippen molar-refractivity contribution in [1.82, 2.24) is 0 Å². The molecular formula is C19H19NO5. The van der Waals surface area contributed by atoms with Crippen LogP contribution in [-0.4, -0.2) is 36.7 Å². The van der Waals surface area contributed by atoms with Crippen molar-refractivity contribution in [2.75, 3.05) is 18.6 Å². The fourth-order valence-corrected chi connectivity index (χ4v) is 2.87. The Labute approximate surface area is 145 Å². The van der Waals surface area contributed by atoms with Crippen molar-refractivity contribution >= 4 is 17.6 Å². The standard InChI is InChI=1S/C19H19NO5/c1-12(18(22)20-10-9-13-5-3-4-6-16(13)20)25-19(23)15-8-7-14(24-2)11-17(15)21/h3-8,11-12,21H,9-10H2,1-2H3/t12-/m1/s1. The van der Waals surface area contributed by atoms with Crippen molar-refractivity contribution in [2.45, 2.75) is 19.4 Å². The number of carbonyl (C=O) groups is 2. The Morgan fingerprint density at radius 3 is 2.68 bits per heavy atom. The number of benzene rings is 2. The lowest BCUT2D eigenvalue weighted by Crippen LogP contribution is -2.39. The Morgan fingerprint density at radius 1 is 1.20 bits per heavy atom. The van der Waals surface area contributed by atoms with Gasteiger partial charge < -0.3 is 19.5 Å². The summed E-state index contributed by atoms with van der Waals surface area (Å²) in [6.07, 6.45) is -0.179. The highest BCUT2D eigenvalue weighted by molar-refractivity contribution is 6.00. The maximum atomic E-state index is 12.6. The lowest BCUT2D eigenvalue weighted by Gasteiger charge is -2.21. The molecule has 1 amide bonds. The average Bonchev–Trinajstić information content (AvgIpc) is 3.04. The van der Waals surface area contributed by atoms with Gasteiger partial charge in [0.15, 0.2) is 6.10 Å². The normalized spacial score (nSPS) is 13.9. The second kappa shape index (κ2) is 6.84. The van der Waals surface area contributed by atoms with Gasteiger partial charge in [-0.05, 0) is 37.1 Å². The zero-order chi connectivity index (χ0) is 18.0. The number of anilines is 1. The van der Waals surface area contributed by atoms with Gasteiger partial charge in [-0.15, -0.1) is 0 Å². The third-order valence-corrected chi connectivity index (χ3v) is 4.21. The van der Waals surface area contributed by atoms with E-state index in [1.807, 2.05) is 24.3 Å². The minimum atomic E-state index is -0.958. The molecule has 0 bridgehead atoms. The van der Waals surface area contributed by atoms with Crippen LogP contribution in [0.15, 0.2) is 42.5 Å². The van der Waals surface area contributed by atoms with Crippen LogP contribution in [0.4, 0.5) is 5.69 Å². The summed E-state index contributed by atoms with van der Waals surface area (Å²) < 4.78 is 10.2. The first-order valence-electron chi connectivity index (χ1n) is 7.98. The maximum Gasteiger partial charge on any atom is 0.342 e. The molecule has 0 spiro atoms. The van der Waals surface area contributed by atoms with Gasteiger partial charge in [0, 0.05) is 18.3 Å². The molecule has 1 heterocycles. The summed E-state index contributed by atoms with van der Waals surface area (Å²) in [4.78, 5) is 26.5. The third kappa shape index (κ3) is 3.28. The first-order chi connectivity index (χ1) is 12.0. The number of phenolic OH excluding ortho intramolecular Hbond substituents is 1. The molecule has 0 aromatic heterocycles. The fraction of sp³-hybridized carbons (Fsp3) is 0.263. The molecule has 0 saturated heterocycles. The van der Waals surface area contributed by atoms with E-state index in [-0.39, 0.29) is 17.2 Å². The monoisotopic (exact) mass is 341 g/mol. The van der Waals surface area contributed by atoms with Crippen LogP contribution in [0.2, 0.25) is 0 Å². The summed E-state index contributed by atoms with van der Waals surface area (Å²) in [6, 6.07) is 11.9. The molecule has 1 aliphatic rings. The van der Waals surface area contributed by atoms with E-state index >= 15 is 0 Å². The molecule has 0 radical (unpaired) electrons. The van der Waals surface area contributed by atoms with Gasteiger partial charge in [-0.2, -0.15) is 0 Å². The lowest BCUT2D eigenvalue weighted by molar-refractivity contribution is -0.126. The molecule has 25 heavy (non-hydrogen) atoms. The van der Waals surface area contributed by atoms with Gasteiger partial charge in [0.1, 0.15) is 17.1 Å². The zero-order valence-corrected chi connectivity index (χ0v) is 14.1. The molecule has 0 aliphatic carbocycles. The highest BCUT2D eigenvalue weighted by Crippen LogP contribution is 2.29. The predicted octanol–water partition coefficient (Wildman–Crippen LogP) is 2.54. The smallest absolute Gasteiger partial charge is 0.342 e. The van der Waals surface area contributed by atoms with E-state index in [4.69, 9.17) is 9.47 Å². The SMILES string of the molecule is COc1ccc(C(=O)O[C@H](C)C(=O)N2CCc3ccccc32)c(O)c1. The number of methoxy groups -OCH3 is 1. The van der Waals surface area contributed by atoms with Gasteiger partial charge in [-0.1, -0.05) is 18.2 Å². The number of esters is 1. The van der Waals surface area contributed by atoms with Crippen LogP contribution in [0.3, 0.4) is 0 Å². The summed E-state index contributed by atoms with van der Waals surface area (Å²) in [5.74, 6) is -0.873. The largest absolute Gasteiger partial charge is 0.507 e. The van der Waals surface area contributed by atoms with E-state index < -0.39 is 12.1 Å². The van der Waals surface area contributed by atoms with Crippen LogP contribution in [0.5, 0.6) is 11.5 Å². The number of para-hydroxylation sites is 1. The number of fused-ring (bicyclic) bond motifs is 1.